The van der Waals surface area contributed by atoms with Crippen LogP contribution in [0.3, 0.4) is 0 Å². The van der Waals surface area contributed by atoms with Gasteiger partial charge >= 0.3 is 5.97 Å². The fraction of sp³-hybridized carbons (Fsp3) is 0.333. The lowest BCUT2D eigenvalue weighted by Gasteiger charge is -2.09. The molecule has 2 N–H and O–H groups in total. The Morgan fingerprint density at radius 3 is 2.50 bits per heavy atom. The number of hydrogen-bond acceptors (Lipinski definition) is 7. The van der Waals surface area contributed by atoms with Gasteiger partial charge in [-0.25, -0.2) is 0 Å². The largest absolute Gasteiger partial charge is 0.465 e. The minimum absolute atomic E-state index is 0.0882. The van der Waals surface area contributed by atoms with Crippen LogP contribution in [0.15, 0.2) is 24.3 Å². The molecule has 0 aliphatic carbocycles. The first-order valence-corrected chi connectivity index (χ1v) is 6.78. The highest BCUT2D eigenvalue weighted by molar-refractivity contribution is 8.14. The Hall–Kier alpha value is -1.93. The first-order valence-electron chi connectivity index (χ1n) is 5.79. The van der Waals surface area contributed by atoms with Gasteiger partial charge in [0.15, 0.2) is 0 Å². The second-order valence-corrected chi connectivity index (χ2v) is 4.75. The van der Waals surface area contributed by atoms with E-state index in [0.717, 1.165) is 11.8 Å². The van der Waals surface area contributed by atoms with Gasteiger partial charge in [-0.05, 0) is 19.1 Å². The average Bonchev–Trinajstić information content (AvgIpc) is 2.44. The molecule has 0 aromatic heterocycles. The van der Waals surface area contributed by atoms with Crippen molar-refractivity contribution in [1.29, 1.82) is 0 Å². The van der Waals surface area contributed by atoms with E-state index >= 15 is 0 Å². The first kappa shape index (κ1) is 16.1. The van der Waals surface area contributed by atoms with E-state index in [1.807, 2.05) is 0 Å². The van der Waals surface area contributed by atoms with Crippen molar-refractivity contribution < 1.29 is 19.2 Å². The molecule has 7 nitrogen and oxygen atoms in total. The summed E-state index contributed by atoms with van der Waals surface area (Å²) >= 11 is 0.871. The van der Waals surface area contributed by atoms with Gasteiger partial charge in [-0.15, -0.1) is 0 Å². The smallest absolute Gasteiger partial charge is 0.323 e. The number of rotatable bonds is 6. The molecular weight excluding hydrogens is 284 g/mol. The maximum Gasteiger partial charge on any atom is 0.323 e. The van der Waals surface area contributed by atoms with Gasteiger partial charge in [-0.3, -0.25) is 19.7 Å². The van der Waals surface area contributed by atoms with Gasteiger partial charge in [-0.2, -0.15) is 0 Å². The van der Waals surface area contributed by atoms with Crippen LogP contribution in [0.25, 0.3) is 0 Å². The van der Waals surface area contributed by atoms with Crippen LogP contribution >= 0.6 is 11.8 Å². The van der Waals surface area contributed by atoms with Crippen molar-refractivity contribution in [2.24, 2.45) is 5.73 Å². The number of non-ortho nitro benzene ring substituents is 1. The summed E-state index contributed by atoms with van der Waals surface area (Å²) in [5, 5.41) is 10.2. The lowest BCUT2D eigenvalue weighted by Crippen LogP contribution is -2.35. The average molecular weight is 298 g/mol. The Bertz CT molecular complexity index is 503. The van der Waals surface area contributed by atoms with E-state index in [1.54, 1.807) is 6.92 Å². The Kier molecular flexibility index (Phi) is 6.13. The number of ether oxygens (including phenoxy) is 1. The van der Waals surface area contributed by atoms with Crippen molar-refractivity contribution in [3.05, 3.63) is 39.9 Å². The number of hydrogen-bond donors (Lipinski definition) is 1. The number of nitro benzene ring substituents is 1. The molecule has 108 valence electrons. The predicted octanol–water partition coefficient (Wildman–Crippen LogP) is 1.36. The fourth-order valence-corrected chi connectivity index (χ4v) is 2.06. The minimum atomic E-state index is -0.873. The molecule has 0 fully saturated rings. The van der Waals surface area contributed by atoms with Crippen molar-refractivity contribution in [3.63, 3.8) is 0 Å². The van der Waals surface area contributed by atoms with Crippen molar-refractivity contribution in [1.82, 2.24) is 0 Å². The molecule has 1 atom stereocenters. The van der Waals surface area contributed by atoms with Gasteiger partial charge in [0.05, 0.1) is 11.5 Å². The summed E-state index contributed by atoms with van der Waals surface area (Å²) in [4.78, 5) is 33.0. The number of esters is 1. The lowest BCUT2D eigenvalue weighted by atomic mass is 10.2. The van der Waals surface area contributed by atoms with Gasteiger partial charge in [0.1, 0.15) is 6.04 Å². The number of nitro groups is 1. The predicted molar refractivity (Wildman–Crippen MR) is 74.5 cm³/mol. The van der Waals surface area contributed by atoms with Crippen molar-refractivity contribution in [2.75, 3.05) is 12.4 Å². The van der Waals surface area contributed by atoms with Gasteiger partial charge in [0, 0.05) is 23.4 Å². The van der Waals surface area contributed by atoms with E-state index < -0.39 is 16.9 Å². The standard InChI is InChI=1S/C12H14N2O5S/c1-2-19-11(15)10(13)7-20-12(16)8-3-5-9(6-4-8)14(17)18/h3-6,10H,2,7,13H2,1H3. The molecule has 0 saturated carbocycles. The quantitative estimate of drug-likeness (QED) is 0.479. The maximum absolute atomic E-state index is 11.8. The van der Waals surface area contributed by atoms with E-state index in [9.17, 15) is 19.7 Å². The van der Waals surface area contributed by atoms with Crippen LogP contribution in [0.4, 0.5) is 5.69 Å². The molecule has 0 radical (unpaired) electrons. The molecule has 0 amide bonds. The zero-order valence-corrected chi connectivity index (χ0v) is 11.6. The highest BCUT2D eigenvalue weighted by Gasteiger charge is 2.17. The number of nitrogens with zero attached hydrogens (tertiary/aromatic N) is 1. The van der Waals surface area contributed by atoms with Crippen LogP contribution in [0, 0.1) is 10.1 Å². The summed E-state index contributed by atoms with van der Waals surface area (Å²) in [6, 6.07) is 4.35. The second-order valence-electron chi connectivity index (χ2n) is 3.76. The molecule has 1 rings (SSSR count). The van der Waals surface area contributed by atoms with Crippen LogP contribution in [0.5, 0.6) is 0 Å². The molecule has 1 aromatic rings. The Morgan fingerprint density at radius 1 is 1.40 bits per heavy atom. The molecule has 8 heteroatoms. The molecule has 0 aliphatic heterocycles. The van der Waals surface area contributed by atoms with Gasteiger partial charge in [0.25, 0.3) is 5.69 Å². The highest BCUT2D eigenvalue weighted by atomic mass is 32.2. The Balaban J connectivity index is 2.54. The van der Waals surface area contributed by atoms with Crippen LogP contribution < -0.4 is 5.73 Å². The molecule has 0 aliphatic rings. The van der Waals surface area contributed by atoms with E-state index in [-0.39, 0.29) is 23.2 Å². The van der Waals surface area contributed by atoms with E-state index in [2.05, 4.69) is 0 Å². The summed E-state index contributed by atoms with van der Waals surface area (Å²) in [6.07, 6.45) is 0. The summed E-state index contributed by atoms with van der Waals surface area (Å²) in [5.41, 5.74) is 5.78. The summed E-state index contributed by atoms with van der Waals surface area (Å²) in [5.74, 6) is -0.467. The number of benzene rings is 1. The van der Waals surface area contributed by atoms with Crippen molar-refractivity contribution in [2.45, 2.75) is 13.0 Å². The van der Waals surface area contributed by atoms with Crippen molar-refractivity contribution in [3.8, 4) is 0 Å². The first-order chi connectivity index (χ1) is 9.45. The monoisotopic (exact) mass is 298 g/mol. The topological polar surface area (TPSA) is 113 Å². The minimum Gasteiger partial charge on any atom is -0.465 e. The van der Waals surface area contributed by atoms with Gasteiger partial charge < -0.3 is 10.5 Å². The fourth-order valence-electron chi connectivity index (χ4n) is 1.29. The third-order valence-corrected chi connectivity index (χ3v) is 3.32. The van der Waals surface area contributed by atoms with E-state index in [1.165, 1.54) is 24.3 Å². The molecule has 0 bridgehead atoms. The molecular formula is C12H14N2O5S. The molecule has 0 heterocycles. The summed E-state index contributed by atoms with van der Waals surface area (Å²) < 4.78 is 4.72. The Labute approximate surface area is 119 Å². The van der Waals surface area contributed by atoms with E-state index in [0.29, 0.717) is 5.56 Å². The van der Waals surface area contributed by atoms with Gasteiger partial charge in [0.2, 0.25) is 5.12 Å². The molecule has 1 unspecified atom stereocenters. The number of carbonyl (C=O) groups is 2. The molecule has 1 aromatic carbocycles. The normalized spacial score (nSPS) is 11.7. The summed E-state index contributed by atoms with van der Waals surface area (Å²) in [6.45, 7) is 1.90. The maximum atomic E-state index is 11.8. The van der Waals surface area contributed by atoms with Gasteiger partial charge in [-0.1, -0.05) is 11.8 Å². The Morgan fingerprint density at radius 2 is 2.00 bits per heavy atom. The third-order valence-electron chi connectivity index (χ3n) is 2.30. The SMILES string of the molecule is CCOC(=O)C(N)CSC(=O)c1ccc([N+](=O)[O-])cc1. The van der Waals surface area contributed by atoms with Crippen LogP contribution in [0.2, 0.25) is 0 Å². The van der Waals surface area contributed by atoms with Crippen LogP contribution in [-0.4, -0.2) is 34.4 Å². The zero-order valence-electron chi connectivity index (χ0n) is 10.8. The molecule has 0 spiro atoms. The van der Waals surface area contributed by atoms with E-state index in [4.69, 9.17) is 10.5 Å². The number of carbonyl (C=O) groups excluding carboxylic acids is 2. The van der Waals surface area contributed by atoms with Crippen LogP contribution in [0.1, 0.15) is 17.3 Å². The number of nitrogens with two attached hydrogens (primary N) is 1. The summed E-state index contributed by atoms with van der Waals surface area (Å²) in [7, 11) is 0. The second kappa shape index (κ2) is 7.61. The third kappa shape index (κ3) is 4.63. The highest BCUT2D eigenvalue weighted by Crippen LogP contribution is 2.17. The van der Waals surface area contributed by atoms with Crippen LogP contribution in [-0.2, 0) is 9.53 Å². The van der Waals surface area contributed by atoms with Crippen molar-refractivity contribution >= 4 is 28.5 Å². The molecule has 0 saturated heterocycles. The molecule has 20 heavy (non-hydrogen) atoms. The lowest BCUT2D eigenvalue weighted by molar-refractivity contribution is -0.384. The zero-order chi connectivity index (χ0) is 15.1. The number of thioether (sulfide) groups is 1.